The third kappa shape index (κ3) is 3.43. The van der Waals surface area contributed by atoms with Crippen LogP contribution >= 0.6 is 15.9 Å². The van der Waals surface area contributed by atoms with Crippen molar-refractivity contribution in [2.24, 2.45) is 0 Å². The van der Waals surface area contributed by atoms with Gasteiger partial charge in [-0.05, 0) is 24.3 Å². The molecule has 1 aliphatic heterocycles. The molecule has 1 aliphatic rings. The van der Waals surface area contributed by atoms with E-state index in [2.05, 4.69) is 21.0 Å². The maximum Gasteiger partial charge on any atom is 0.334 e. The summed E-state index contributed by atoms with van der Waals surface area (Å²) in [4.78, 5) is 25.0. The highest BCUT2D eigenvalue weighted by Gasteiger charge is 2.29. The lowest BCUT2D eigenvalue weighted by atomic mass is 10.2. The Balaban J connectivity index is 1.75. The maximum absolute atomic E-state index is 12.5. The van der Waals surface area contributed by atoms with Crippen molar-refractivity contribution in [1.29, 1.82) is 0 Å². The first-order valence-corrected chi connectivity index (χ1v) is 7.78. The number of carbonyl (C=O) groups is 2. The van der Waals surface area contributed by atoms with E-state index in [0.717, 1.165) is 10.2 Å². The van der Waals surface area contributed by atoms with Gasteiger partial charge in [0.05, 0.1) is 30.6 Å². The summed E-state index contributed by atoms with van der Waals surface area (Å²) in [6.45, 7) is 0.618. The van der Waals surface area contributed by atoms with Crippen molar-refractivity contribution >= 4 is 27.8 Å². The second kappa shape index (κ2) is 6.51. The number of hydrogen-bond donors (Lipinski definition) is 1. The zero-order chi connectivity index (χ0) is 16.4. The number of halogens is 1. The van der Waals surface area contributed by atoms with Crippen LogP contribution in [0, 0.1) is 0 Å². The van der Waals surface area contributed by atoms with E-state index in [9.17, 15) is 9.59 Å². The highest BCUT2D eigenvalue weighted by Crippen LogP contribution is 2.15. The number of hydrogen-bond acceptors (Lipinski definition) is 4. The topological polar surface area (TPSA) is 84.7 Å². The van der Waals surface area contributed by atoms with Crippen LogP contribution in [0.25, 0.3) is 5.69 Å². The molecule has 1 aromatic carbocycles. The van der Waals surface area contributed by atoms with Gasteiger partial charge in [0.15, 0.2) is 6.10 Å². The van der Waals surface area contributed by atoms with E-state index < -0.39 is 12.1 Å². The molecule has 1 N–H and O–H groups in total. The van der Waals surface area contributed by atoms with Gasteiger partial charge in [-0.1, -0.05) is 15.9 Å². The largest absolute Gasteiger partial charge is 0.479 e. The van der Waals surface area contributed by atoms with Crippen LogP contribution in [-0.2, 0) is 9.53 Å². The van der Waals surface area contributed by atoms with Crippen molar-refractivity contribution < 1.29 is 19.4 Å². The summed E-state index contributed by atoms with van der Waals surface area (Å²) in [6, 6.07) is 7.52. The molecule has 1 aromatic heterocycles. The highest BCUT2D eigenvalue weighted by molar-refractivity contribution is 9.10. The van der Waals surface area contributed by atoms with Gasteiger partial charge in [-0.3, -0.25) is 4.79 Å². The number of benzene rings is 1. The lowest BCUT2D eigenvalue weighted by molar-refractivity contribution is -0.154. The van der Waals surface area contributed by atoms with E-state index in [4.69, 9.17) is 9.84 Å². The second-order valence-electron chi connectivity index (χ2n) is 5.10. The minimum absolute atomic E-state index is 0.0393. The molecule has 23 heavy (non-hydrogen) atoms. The fraction of sp³-hybridized carbons (Fsp3) is 0.267. The minimum Gasteiger partial charge on any atom is -0.479 e. The number of rotatable bonds is 3. The molecule has 7 nitrogen and oxygen atoms in total. The van der Waals surface area contributed by atoms with E-state index in [0.29, 0.717) is 12.1 Å². The average molecular weight is 380 g/mol. The minimum atomic E-state index is -1.06. The number of nitrogens with zero attached hydrogens (tertiary/aromatic N) is 3. The zero-order valence-corrected chi connectivity index (χ0v) is 13.6. The average Bonchev–Trinajstić information content (AvgIpc) is 3.05. The Bertz CT molecular complexity index is 729. The quantitative estimate of drug-likeness (QED) is 0.874. The van der Waals surface area contributed by atoms with Gasteiger partial charge in [0.2, 0.25) is 0 Å². The van der Waals surface area contributed by atoms with Crippen LogP contribution in [0.15, 0.2) is 41.1 Å². The Morgan fingerprint density at radius 3 is 2.74 bits per heavy atom. The molecule has 0 aliphatic carbocycles. The van der Waals surface area contributed by atoms with E-state index in [1.165, 1.54) is 11.1 Å². The lowest BCUT2D eigenvalue weighted by Gasteiger charge is -2.30. The fourth-order valence-corrected chi connectivity index (χ4v) is 2.60. The summed E-state index contributed by atoms with van der Waals surface area (Å²) in [5, 5.41) is 13.2. The van der Waals surface area contributed by atoms with Gasteiger partial charge in [-0.2, -0.15) is 5.10 Å². The molecule has 0 radical (unpaired) electrons. The standard InChI is InChI=1S/C15H14BrN3O4/c16-11-1-3-12(4-2-11)19-8-10(7-17-19)14(20)18-5-6-23-13(9-18)15(21)22/h1-4,7-8,13H,5-6,9H2,(H,21,22). The van der Waals surface area contributed by atoms with Crippen LogP contribution in [0.3, 0.4) is 0 Å². The van der Waals surface area contributed by atoms with E-state index >= 15 is 0 Å². The molecule has 1 fully saturated rings. The normalized spacial score (nSPS) is 18.0. The predicted molar refractivity (Wildman–Crippen MR) is 84.5 cm³/mol. The number of ether oxygens (including phenoxy) is 1. The SMILES string of the molecule is O=C(O)C1CN(C(=O)c2cnn(-c3ccc(Br)cc3)c2)CCO1. The number of aliphatic carboxylic acids is 1. The smallest absolute Gasteiger partial charge is 0.334 e. The third-order valence-corrected chi connectivity index (χ3v) is 4.08. The van der Waals surface area contributed by atoms with Crippen LogP contribution < -0.4 is 0 Å². The van der Waals surface area contributed by atoms with Gasteiger partial charge in [0.1, 0.15) is 0 Å². The number of aromatic nitrogens is 2. The van der Waals surface area contributed by atoms with Gasteiger partial charge >= 0.3 is 5.97 Å². The Morgan fingerprint density at radius 2 is 2.04 bits per heavy atom. The summed E-state index contributed by atoms with van der Waals surface area (Å²) in [5.74, 6) is -1.31. The Labute approximate surface area is 140 Å². The summed E-state index contributed by atoms with van der Waals surface area (Å²) in [5.41, 5.74) is 1.25. The molecule has 2 aromatic rings. The first kappa shape index (κ1) is 15.7. The van der Waals surface area contributed by atoms with Gasteiger partial charge in [0, 0.05) is 17.2 Å². The van der Waals surface area contributed by atoms with Crippen LogP contribution in [0.5, 0.6) is 0 Å². The maximum atomic E-state index is 12.5. The van der Waals surface area contributed by atoms with Crippen molar-refractivity contribution in [3.8, 4) is 5.69 Å². The van der Waals surface area contributed by atoms with Gasteiger partial charge in [-0.25, -0.2) is 9.48 Å². The summed E-state index contributed by atoms with van der Waals surface area (Å²) >= 11 is 3.37. The lowest BCUT2D eigenvalue weighted by Crippen LogP contribution is -2.48. The molecule has 0 bridgehead atoms. The van der Waals surface area contributed by atoms with Gasteiger partial charge in [-0.15, -0.1) is 0 Å². The summed E-state index contributed by atoms with van der Waals surface area (Å²) in [6.07, 6.45) is 2.14. The van der Waals surface area contributed by atoms with E-state index in [1.54, 1.807) is 10.9 Å². The summed E-state index contributed by atoms with van der Waals surface area (Å²) in [7, 11) is 0. The third-order valence-electron chi connectivity index (χ3n) is 3.55. The van der Waals surface area contributed by atoms with E-state index in [1.807, 2.05) is 24.3 Å². The van der Waals surface area contributed by atoms with Crippen LogP contribution in [0.1, 0.15) is 10.4 Å². The second-order valence-corrected chi connectivity index (χ2v) is 6.01. The molecule has 1 unspecified atom stereocenters. The van der Waals surface area contributed by atoms with Crippen molar-refractivity contribution in [3.05, 3.63) is 46.7 Å². The molecular weight excluding hydrogens is 366 g/mol. The first-order chi connectivity index (χ1) is 11.0. The molecule has 0 saturated carbocycles. The summed E-state index contributed by atoms with van der Waals surface area (Å²) < 4.78 is 7.68. The monoisotopic (exact) mass is 379 g/mol. The van der Waals surface area contributed by atoms with Crippen LogP contribution in [0.4, 0.5) is 0 Å². The van der Waals surface area contributed by atoms with Gasteiger partial charge < -0.3 is 14.7 Å². The molecule has 120 valence electrons. The number of carboxylic acid groups (broad SMARTS) is 1. The fourth-order valence-electron chi connectivity index (χ4n) is 2.33. The Hall–Kier alpha value is -2.19. The molecule has 1 atom stereocenters. The Kier molecular flexibility index (Phi) is 4.44. The predicted octanol–water partition coefficient (Wildman–Crippen LogP) is 1.56. The molecule has 1 amide bonds. The molecule has 3 rings (SSSR count). The van der Waals surface area contributed by atoms with Crippen molar-refractivity contribution in [2.45, 2.75) is 6.10 Å². The number of carbonyl (C=O) groups excluding carboxylic acids is 1. The van der Waals surface area contributed by atoms with E-state index in [-0.39, 0.29) is 19.1 Å². The van der Waals surface area contributed by atoms with Crippen LogP contribution in [-0.4, -0.2) is 57.5 Å². The number of morpholine rings is 1. The Morgan fingerprint density at radius 1 is 1.30 bits per heavy atom. The molecular formula is C15H14BrN3O4. The van der Waals surface area contributed by atoms with Gasteiger partial charge in [0.25, 0.3) is 5.91 Å². The van der Waals surface area contributed by atoms with Crippen molar-refractivity contribution in [2.75, 3.05) is 19.7 Å². The van der Waals surface area contributed by atoms with Crippen molar-refractivity contribution in [1.82, 2.24) is 14.7 Å². The molecule has 0 spiro atoms. The highest BCUT2D eigenvalue weighted by atomic mass is 79.9. The zero-order valence-electron chi connectivity index (χ0n) is 12.1. The number of carboxylic acids is 1. The first-order valence-electron chi connectivity index (χ1n) is 6.99. The van der Waals surface area contributed by atoms with Crippen LogP contribution in [0.2, 0.25) is 0 Å². The molecule has 8 heteroatoms. The molecule has 2 heterocycles. The molecule has 1 saturated heterocycles. The number of amides is 1. The van der Waals surface area contributed by atoms with Crippen molar-refractivity contribution in [3.63, 3.8) is 0 Å².